The van der Waals surface area contributed by atoms with Crippen molar-refractivity contribution >= 4 is 42.1 Å². The van der Waals surface area contributed by atoms with Gasteiger partial charge in [-0.1, -0.05) is 0 Å². The monoisotopic (exact) mass is 302 g/mol. The molecule has 0 fully saturated rings. The lowest BCUT2D eigenvalue weighted by atomic mass is 10.2. The Bertz CT molecular complexity index is 529. The molecule has 0 aliphatic carbocycles. The van der Waals surface area contributed by atoms with Gasteiger partial charge in [-0.05, 0) is 36.8 Å². The Kier molecular flexibility index (Phi) is 6.96. The van der Waals surface area contributed by atoms with E-state index in [9.17, 15) is 4.79 Å². The first-order chi connectivity index (χ1) is 8.15. The summed E-state index contributed by atoms with van der Waals surface area (Å²) >= 11 is 0. The van der Waals surface area contributed by atoms with Gasteiger partial charge in [0.2, 0.25) is 5.91 Å². The van der Waals surface area contributed by atoms with E-state index < -0.39 is 0 Å². The Hall–Kier alpha value is -1.72. The maximum absolute atomic E-state index is 11.7. The summed E-state index contributed by atoms with van der Waals surface area (Å²) in [5.74, 6) is -0.110. The zero-order valence-corrected chi connectivity index (χ0v) is 12.0. The van der Waals surface area contributed by atoms with Gasteiger partial charge in [0.1, 0.15) is 6.54 Å². The van der Waals surface area contributed by atoms with Gasteiger partial charge in [0.25, 0.3) is 0 Å². The predicted octanol–water partition coefficient (Wildman–Crippen LogP) is 2.26. The van der Waals surface area contributed by atoms with Crippen LogP contribution in [-0.2, 0) is 11.3 Å². The lowest BCUT2D eigenvalue weighted by Gasteiger charge is -2.09. The third kappa shape index (κ3) is 4.81. The number of halogens is 2. The molecule has 7 heteroatoms. The van der Waals surface area contributed by atoms with E-state index in [1.165, 1.54) is 0 Å². The van der Waals surface area contributed by atoms with Crippen LogP contribution < -0.4 is 11.1 Å². The third-order valence-corrected chi connectivity index (χ3v) is 2.39. The number of carbonyl (C=O) groups excluding carboxylic acids is 1. The highest BCUT2D eigenvalue weighted by molar-refractivity contribution is 5.91. The fourth-order valence-electron chi connectivity index (χ4n) is 1.56. The van der Waals surface area contributed by atoms with Crippen LogP contribution in [0.25, 0.3) is 0 Å². The molecule has 5 nitrogen and oxygen atoms in total. The number of nitrogens with one attached hydrogen (secondary N) is 1. The molecule has 2 rings (SSSR count). The summed E-state index contributed by atoms with van der Waals surface area (Å²) in [6.45, 7) is 2.11. The van der Waals surface area contributed by atoms with Crippen molar-refractivity contribution in [2.75, 3.05) is 11.1 Å². The molecular weight excluding hydrogens is 287 g/mol. The van der Waals surface area contributed by atoms with Crippen molar-refractivity contribution in [2.24, 2.45) is 0 Å². The fourth-order valence-corrected chi connectivity index (χ4v) is 1.56. The van der Waals surface area contributed by atoms with Crippen LogP contribution in [0.15, 0.2) is 36.7 Å². The number of aromatic nitrogens is 2. The van der Waals surface area contributed by atoms with Crippen molar-refractivity contribution in [3.8, 4) is 0 Å². The first kappa shape index (κ1) is 17.3. The summed E-state index contributed by atoms with van der Waals surface area (Å²) in [6.07, 6.45) is 3.39. The minimum Gasteiger partial charge on any atom is -0.399 e. The van der Waals surface area contributed by atoms with Crippen LogP contribution >= 0.6 is 24.8 Å². The van der Waals surface area contributed by atoms with E-state index in [0.717, 1.165) is 11.3 Å². The number of rotatable bonds is 3. The zero-order chi connectivity index (χ0) is 12.3. The molecule has 0 unspecified atom stereocenters. The molecule has 2 aromatic rings. The Labute approximate surface area is 124 Å². The largest absolute Gasteiger partial charge is 0.399 e. The Morgan fingerprint density at radius 3 is 2.74 bits per heavy atom. The quantitative estimate of drug-likeness (QED) is 0.854. The summed E-state index contributed by atoms with van der Waals surface area (Å²) in [7, 11) is 0. The zero-order valence-electron chi connectivity index (χ0n) is 10.4. The van der Waals surface area contributed by atoms with Gasteiger partial charge >= 0.3 is 0 Å². The smallest absolute Gasteiger partial charge is 0.246 e. The average molecular weight is 303 g/mol. The molecule has 0 saturated carbocycles. The molecule has 1 aromatic heterocycles. The molecule has 1 heterocycles. The van der Waals surface area contributed by atoms with Crippen LogP contribution in [0.5, 0.6) is 0 Å². The van der Waals surface area contributed by atoms with Gasteiger partial charge in [0, 0.05) is 23.8 Å². The molecule has 0 aliphatic heterocycles. The normalized spacial score (nSPS) is 9.11. The molecular formula is C12H16Cl2N4O. The number of nitrogen functional groups attached to an aromatic ring is 1. The maximum Gasteiger partial charge on any atom is 0.246 e. The first-order valence-corrected chi connectivity index (χ1v) is 5.28. The second kappa shape index (κ2) is 7.66. The Morgan fingerprint density at radius 2 is 2.16 bits per heavy atom. The Morgan fingerprint density at radius 1 is 1.42 bits per heavy atom. The van der Waals surface area contributed by atoms with Gasteiger partial charge in [0.15, 0.2) is 0 Å². The average Bonchev–Trinajstić information content (AvgIpc) is 2.75. The third-order valence-electron chi connectivity index (χ3n) is 2.39. The molecule has 1 aromatic carbocycles. The van der Waals surface area contributed by atoms with Crippen molar-refractivity contribution in [2.45, 2.75) is 13.5 Å². The van der Waals surface area contributed by atoms with Crippen molar-refractivity contribution < 1.29 is 4.79 Å². The minimum atomic E-state index is -0.110. The molecule has 0 saturated heterocycles. The van der Waals surface area contributed by atoms with E-state index in [0.29, 0.717) is 5.69 Å². The number of anilines is 2. The highest BCUT2D eigenvalue weighted by Crippen LogP contribution is 2.17. The molecule has 0 atom stereocenters. The molecule has 104 valence electrons. The number of aryl methyl sites for hydroxylation is 1. The Balaban J connectivity index is 0.00000162. The van der Waals surface area contributed by atoms with Gasteiger partial charge < -0.3 is 11.1 Å². The number of amides is 1. The van der Waals surface area contributed by atoms with Gasteiger partial charge in [-0.25, -0.2) is 0 Å². The summed E-state index contributed by atoms with van der Waals surface area (Å²) in [4.78, 5) is 11.7. The maximum atomic E-state index is 11.7. The molecule has 0 bridgehead atoms. The number of nitrogens with zero attached hydrogens (tertiary/aromatic N) is 2. The van der Waals surface area contributed by atoms with Crippen molar-refractivity contribution in [3.63, 3.8) is 0 Å². The predicted molar refractivity (Wildman–Crippen MR) is 80.9 cm³/mol. The summed E-state index contributed by atoms with van der Waals surface area (Å²) in [5, 5.41) is 6.79. The number of hydrogen-bond donors (Lipinski definition) is 2. The van der Waals surface area contributed by atoms with Crippen molar-refractivity contribution in [3.05, 3.63) is 42.2 Å². The van der Waals surface area contributed by atoms with Gasteiger partial charge in [0.05, 0.1) is 0 Å². The van der Waals surface area contributed by atoms with E-state index >= 15 is 0 Å². The van der Waals surface area contributed by atoms with E-state index in [4.69, 9.17) is 5.73 Å². The summed E-state index contributed by atoms with van der Waals surface area (Å²) in [5.41, 5.74) is 8.05. The molecule has 0 radical (unpaired) electrons. The van der Waals surface area contributed by atoms with E-state index in [-0.39, 0.29) is 37.3 Å². The van der Waals surface area contributed by atoms with E-state index in [1.54, 1.807) is 35.3 Å². The van der Waals surface area contributed by atoms with Crippen LogP contribution in [0, 0.1) is 6.92 Å². The van der Waals surface area contributed by atoms with Crippen molar-refractivity contribution in [1.29, 1.82) is 0 Å². The van der Waals surface area contributed by atoms with E-state index in [2.05, 4.69) is 10.4 Å². The molecule has 1 amide bonds. The second-order valence-corrected chi connectivity index (χ2v) is 3.83. The second-order valence-electron chi connectivity index (χ2n) is 3.83. The molecule has 0 spiro atoms. The van der Waals surface area contributed by atoms with Gasteiger partial charge in [-0.2, -0.15) is 5.10 Å². The van der Waals surface area contributed by atoms with Crippen LogP contribution in [-0.4, -0.2) is 15.7 Å². The lowest BCUT2D eigenvalue weighted by Crippen LogP contribution is -2.19. The number of carbonyl (C=O) groups is 1. The molecule has 19 heavy (non-hydrogen) atoms. The highest BCUT2D eigenvalue weighted by atomic mass is 35.5. The standard InChI is InChI=1S/C12H14N4O.2ClH/c1-9-7-10(13)3-4-11(9)15-12(17)8-16-6-2-5-14-16;;/h2-7H,8,13H2,1H3,(H,15,17);2*1H. The van der Waals surface area contributed by atoms with E-state index in [1.807, 2.05) is 13.0 Å². The van der Waals surface area contributed by atoms with Crippen LogP contribution in [0.1, 0.15) is 5.56 Å². The first-order valence-electron chi connectivity index (χ1n) is 5.28. The van der Waals surface area contributed by atoms with Crippen molar-refractivity contribution in [1.82, 2.24) is 9.78 Å². The van der Waals surface area contributed by atoms with Crippen LogP contribution in [0.3, 0.4) is 0 Å². The summed E-state index contributed by atoms with van der Waals surface area (Å²) in [6, 6.07) is 7.16. The SMILES string of the molecule is Cc1cc(N)ccc1NC(=O)Cn1cccn1.Cl.Cl. The highest BCUT2D eigenvalue weighted by Gasteiger charge is 2.05. The van der Waals surface area contributed by atoms with Crippen LogP contribution in [0.2, 0.25) is 0 Å². The fraction of sp³-hybridized carbons (Fsp3) is 0.167. The van der Waals surface area contributed by atoms with Gasteiger partial charge in [-0.3, -0.25) is 9.48 Å². The minimum absolute atomic E-state index is 0. The van der Waals surface area contributed by atoms with Crippen LogP contribution in [0.4, 0.5) is 11.4 Å². The summed E-state index contributed by atoms with van der Waals surface area (Å²) < 4.78 is 1.57. The topological polar surface area (TPSA) is 72.9 Å². The number of nitrogens with two attached hydrogens (primary N) is 1. The lowest BCUT2D eigenvalue weighted by molar-refractivity contribution is -0.116. The number of benzene rings is 1. The molecule has 0 aliphatic rings. The molecule has 3 N–H and O–H groups in total. The van der Waals surface area contributed by atoms with Gasteiger partial charge in [-0.15, -0.1) is 24.8 Å². The number of hydrogen-bond acceptors (Lipinski definition) is 3.